The van der Waals surface area contributed by atoms with Crippen molar-refractivity contribution in [1.82, 2.24) is 14.9 Å². The lowest BCUT2D eigenvalue weighted by Gasteiger charge is -2.14. The molecule has 0 radical (unpaired) electrons. The summed E-state index contributed by atoms with van der Waals surface area (Å²) in [5.41, 5.74) is 2.47. The molecule has 5 nitrogen and oxygen atoms in total. The van der Waals surface area contributed by atoms with Gasteiger partial charge >= 0.3 is 0 Å². The Hall–Kier alpha value is -2.60. The van der Waals surface area contributed by atoms with E-state index in [1.54, 1.807) is 10.6 Å². The third kappa shape index (κ3) is 4.62. The van der Waals surface area contributed by atoms with Crippen molar-refractivity contribution in [2.24, 2.45) is 5.92 Å². The van der Waals surface area contributed by atoms with E-state index in [1.807, 2.05) is 42.5 Å². The van der Waals surface area contributed by atoms with Crippen LogP contribution in [0.3, 0.4) is 0 Å². The average Bonchev–Trinajstić information content (AvgIpc) is 2.71. The molecule has 1 aromatic heterocycles. The van der Waals surface area contributed by atoms with Gasteiger partial charge < -0.3 is 5.32 Å². The summed E-state index contributed by atoms with van der Waals surface area (Å²) in [6.45, 7) is 6.83. The molecule has 6 heteroatoms. The van der Waals surface area contributed by atoms with Gasteiger partial charge in [0.15, 0.2) is 5.16 Å². The number of hydrogen-bond acceptors (Lipinski definition) is 4. The normalized spacial score (nSPS) is 11.1. The molecule has 2 aromatic carbocycles. The summed E-state index contributed by atoms with van der Waals surface area (Å²) in [7, 11) is 0. The highest BCUT2D eigenvalue weighted by Gasteiger charge is 2.15. The molecule has 0 aliphatic heterocycles. The van der Waals surface area contributed by atoms with Gasteiger partial charge in [-0.1, -0.05) is 56.8 Å². The number of nitrogens with one attached hydrogen (secondary N) is 1. The predicted molar refractivity (Wildman–Crippen MR) is 115 cm³/mol. The van der Waals surface area contributed by atoms with Gasteiger partial charge in [0, 0.05) is 6.54 Å². The molecule has 0 saturated carbocycles. The summed E-state index contributed by atoms with van der Waals surface area (Å²) in [5.74, 6) is 0.543. The minimum Gasteiger partial charge on any atom is -0.355 e. The summed E-state index contributed by atoms with van der Waals surface area (Å²) >= 11 is 1.28. The van der Waals surface area contributed by atoms with Gasteiger partial charge in [-0.15, -0.1) is 0 Å². The highest BCUT2D eigenvalue weighted by Crippen LogP contribution is 2.21. The molecule has 3 aromatic rings. The van der Waals surface area contributed by atoms with Crippen LogP contribution in [-0.4, -0.2) is 27.8 Å². The molecule has 1 N–H and O–H groups in total. The van der Waals surface area contributed by atoms with E-state index in [1.165, 1.54) is 17.3 Å². The van der Waals surface area contributed by atoms with Gasteiger partial charge in [0.05, 0.1) is 22.3 Å². The summed E-state index contributed by atoms with van der Waals surface area (Å²) < 4.78 is 1.60. The molecule has 1 amide bonds. The Morgan fingerprint density at radius 1 is 1.14 bits per heavy atom. The van der Waals surface area contributed by atoms with E-state index in [9.17, 15) is 9.59 Å². The Morgan fingerprint density at radius 2 is 1.86 bits per heavy atom. The van der Waals surface area contributed by atoms with E-state index in [-0.39, 0.29) is 17.2 Å². The molecule has 0 atom stereocenters. The molecule has 0 fully saturated rings. The molecule has 0 aliphatic carbocycles. The largest absolute Gasteiger partial charge is 0.355 e. The number of fused-ring (bicyclic) bond motifs is 1. The Bertz CT molecular complexity index is 1030. The number of para-hydroxylation sites is 1. The van der Waals surface area contributed by atoms with Crippen LogP contribution in [0.2, 0.25) is 0 Å². The molecule has 3 rings (SSSR count). The number of nitrogens with zero attached hydrogens (tertiary/aromatic N) is 2. The fourth-order valence-corrected chi connectivity index (χ4v) is 3.66. The minimum absolute atomic E-state index is 0.0611. The van der Waals surface area contributed by atoms with E-state index < -0.39 is 0 Å². The van der Waals surface area contributed by atoms with Crippen molar-refractivity contribution in [3.8, 4) is 5.69 Å². The lowest BCUT2D eigenvalue weighted by molar-refractivity contribution is -0.118. The van der Waals surface area contributed by atoms with Crippen LogP contribution in [0.1, 0.15) is 26.3 Å². The number of carbonyl (C=O) groups is 1. The number of thioether (sulfide) groups is 1. The molecule has 0 aliphatic rings. The molecule has 0 saturated heterocycles. The number of amides is 1. The van der Waals surface area contributed by atoms with Crippen LogP contribution in [0.4, 0.5) is 0 Å². The van der Waals surface area contributed by atoms with E-state index in [0.717, 1.165) is 12.1 Å². The zero-order chi connectivity index (χ0) is 20.1. The van der Waals surface area contributed by atoms with Gasteiger partial charge in [-0.3, -0.25) is 14.2 Å². The van der Waals surface area contributed by atoms with Crippen LogP contribution < -0.4 is 10.9 Å². The van der Waals surface area contributed by atoms with Crippen molar-refractivity contribution in [1.29, 1.82) is 0 Å². The summed E-state index contributed by atoms with van der Waals surface area (Å²) in [5, 5.41) is 3.99. The van der Waals surface area contributed by atoms with Gasteiger partial charge in [-0.05, 0) is 42.2 Å². The lowest BCUT2D eigenvalue weighted by Crippen LogP contribution is -2.29. The number of aryl methyl sites for hydroxylation is 1. The summed E-state index contributed by atoms with van der Waals surface area (Å²) in [6.07, 6.45) is 0.933. The second kappa shape index (κ2) is 9.06. The van der Waals surface area contributed by atoms with Crippen molar-refractivity contribution in [3.63, 3.8) is 0 Å². The molecule has 1 heterocycles. The monoisotopic (exact) mass is 395 g/mol. The number of rotatable bonds is 7. The molecular formula is C22H25N3O2S. The molecule has 0 spiro atoms. The van der Waals surface area contributed by atoms with Crippen LogP contribution >= 0.6 is 11.8 Å². The van der Waals surface area contributed by atoms with Crippen molar-refractivity contribution in [2.75, 3.05) is 12.3 Å². The SMILES string of the molecule is CCc1ccc(-n2c(SCC(=O)NCC(C)C)nc3ccccc3c2=O)cc1. The van der Waals surface area contributed by atoms with Gasteiger partial charge in [0.25, 0.3) is 5.56 Å². The van der Waals surface area contributed by atoms with Crippen molar-refractivity contribution in [2.45, 2.75) is 32.3 Å². The first-order valence-corrected chi connectivity index (χ1v) is 10.5. The van der Waals surface area contributed by atoms with Crippen LogP contribution in [0.25, 0.3) is 16.6 Å². The molecule has 28 heavy (non-hydrogen) atoms. The first-order valence-electron chi connectivity index (χ1n) is 9.50. The smallest absolute Gasteiger partial charge is 0.266 e. The van der Waals surface area contributed by atoms with Gasteiger partial charge in [0.2, 0.25) is 5.91 Å². The number of aromatic nitrogens is 2. The first-order chi connectivity index (χ1) is 13.5. The zero-order valence-corrected chi connectivity index (χ0v) is 17.3. The third-order valence-electron chi connectivity index (χ3n) is 4.39. The number of hydrogen-bond donors (Lipinski definition) is 1. The highest BCUT2D eigenvalue weighted by atomic mass is 32.2. The Morgan fingerprint density at radius 3 is 2.54 bits per heavy atom. The van der Waals surface area contributed by atoms with Gasteiger partial charge in [-0.25, -0.2) is 4.98 Å². The Balaban J connectivity index is 1.99. The second-order valence-electron chi connectivity index (χ2n) is 7.06. The lowest BCUT2D eigenvalue weighted by atomic mass is 10.1. The topological polar surface area (TPSA) is 64.0 Å². The fraction of sp³-hybridized carbons (Fsp3) is 0.318. The van der Waals surface area contributed by atoms with E-state index >= 15 is 0 Å². The van der Waals surface area contributed by atoms with Crippen molar-refractivity contribution in [3.05, 3.63) is 64.4 Å². The minimum atomic E-state index is -0.125. The Kier molecular flexibility index (Phi) is 6.52. The average molecular weight is 396 g/mol. The Labute approximate surface area is 169 Å². The van der Waals surface area contributed by atoms with E-state index in [0.29, 0.717) is 28.5 Å². The second-order valence-corrected chi connectivity index (χ2v) is 8.00. The summed E-state index contributed by atoms with van der Waals surface area (Å²) in [6, 6.07) is 15.2. The maximum absolute atomic E-state index is 13.2. The van der Waals surface area contributed by atoms with Crippen molar-refractivity contribution >= 4 is 28.6 Å². The third-order valence-corrected chi connectivity index (χ3v) is 5.33. The zero-order valence-electron chi connectivity index (χ0n) is 16.4. The number of benzene rings is 2. The first kappa shape index (κ1) is 20.1. The fourth-order valence-electron chi connectivity index (χ4n) is 2.82. The standard InChI is InChI=1S/C22H25N3O2S/c1-4-16-9-11-17(12-10-16)25-21(27)18-7-5-6-8-19(18)24-22(25)28-14-20(26)23-13-15(2)3/h5-12,15H,4,13-14H2,1-3H3,(H,23,26). The van der Waals surface area contributed by atoms with Crippen LogP contribution in [0.5, 0.6) is 0 Å². The quantitative estimate of drug-likeness (QED) is 0.488. The van der Waals surface area contributed by atoms with Crippen LogP contribution in [0, 0.1) is 5.92 Å². The molecular weight excluding hydrogens is 370 g/mol. The molecule has 0 bridgehead atoms. The predicted octanol–water partition coefficient (Wildman–Crippen LogP) is 3.81. The van der Waals surface area contributed by atoms with Crippen LogP contribution in [-0.2, 0) is 11.2 Å². The van der Waals surface area contributed by atoms with E-state index in [4.69, 9.17) is 0 Å². The summed E-state index contributed by atoms with van der Waals surface area (Å²) in [4.78, 5) is 30.0. The van der Waals surface area contributed by atoms with E-state index in [2.05, 4.69) is 31.1 Å². The number of carbonyl (C=O) groups excluding carboxylic acids is 1. The van der Waals surface area contributed by atoms with Crippen LogP contribution in [0.15, 0.2) is 58.5 Å². The maximum atomic E-state index is 13.2. The van der Waals surface area contributed by atoms with Crippen molar-refractivity contribution < 1.29 is 4.79 Å². The molecule has 0 unspecified atom stereocenters. The van der Waals surface area contributed by atoms with Gasteiger partial charge in [-0.2, -0.15) is 0 Å². The highest BCUT2D eigenvalue weighted by molar-refractivity contribution is 7.99. The van der Waals surface area contributed by atoms with Gasteiger partial charge in [0.1, 0.15) is 0 Å². The maximum Gasteiger partial charge on any atom is 0.266 e. The molecule has 146 valence electrons.